The molecule has 2 N–H and O–H groups in total. The molecule has 0 bridgehead atoms. The van der Waals surface area contributed by atoms with E-state index in [4.69, 9.17) is 4.74 Å². The number of ether oxygens (including phenoxy) is 1. The highest BCUT2D eigenvalue weighted by Crippen LogP contribution is 2.02. The number of morpholine rings is 1. The molecule has 4 nitrogen and oxygen atoms in total. The summed E-state index contributed by atoms with van der Waals surface area (Å²) < 4.78 is 18.5. The van der Waals surface area contributed by atoms with E-state index in [0.29, 0.717) is 6.54 Å². The maximum Gasteiger partial charge on any atom is 0.278 e. The number of quaternary nitrogens is 1. The predicted octanol–water partition coefficient (Wildman–Crippen LogP) is 0.523. The Morgan fingerprint density at radius 2 is 1.90 bits per heavy atom. The second-order valence-corrected chi connectivity index (χ2v) is 5.89. The number of hydrogen-bond donors (Lipinski definition) is 2. The summed E-state index contributed by atoms with van der Waals surface area (Å²) in [5.74, 6) is -0.241. The van der Waals surface area contributed by atoms with Crippen LogP contribution < -0.4 is 10.2 Å². The van der Waals surface area contributed by atoms with Gasteiger partial charge in [0.2, 0.25) is 0 Å². The molecule has 0 aliphatic carbocycles. The van der Waals surface area contributed by atoms with Crippen LogP contribution in [0.3, 0.4) is 0 Å². The van der Waals surface area contributed by atoms with E-state index in [-0.39, 0.29) is 30.0 Å². The number of halogens is 1. The van der Waals surface area contributed by atoms with Crippen LogP contribution >= 0.6 is 0 Å². The van der Waals surface area contributed by atoms with Gasteiger partial charge in [-0.1, -0.05) is 12.1 Å². The van der Waals surface area contributed by atoms with Gasteiger partial charge in [-0.15, -0.1) is 0 Å². The van der Waals surface area contributed by atoms with Crippen LogP contribution in [0.15, 0.2) is 24.3 Å². The Labute approximate surface area is 125 Å². The van der Waals surface area contributed by atoms with Gasteiger partial charge in [0, 0.05) is 6.54 Å². The molecule has 0 spiro atoms. The molecule has 1 fully saturated rings. The van der Waals surface area contributed by atoms with E-state index >= 15 is 0 Å². The number of carbonyl (C=O) groups is 1. The SMILES string of the molecule is C[C@H]1C[NH+]([C@@H](C)C(=O)NCc2ccc(F)cc2)C[C@H](C)O1. The monoisotopic (exact) mass is 295 g/mol. The zero-order valence-electron chi connectivity index (χ0n) is 12.9. The third kappa shape index (κ3) is 4.51. The summed E-state index contributed by atoms with van der Waals surface area (Å²) in [7, 11) is 0. The minimum atomic E-state index is -0.265. The summed E-state index contributed by atoms with van der Waals surface area (Å²) in [4.78, 5) is 13.5. The van der Waals surface area contributed by atoms with Crippen molar-refractivity contribution in [3.63, 3.8) is 0 Å². The van der Waals surface area contributed by atoms with Crippen LogP contribution in [-0.4, -0.2) is 37.2 Å². The third-order valence-corrected chi connectivity index (χ3v) is 3.95. The second kappa shape index (κ2) is 7.00. The van der Waals surface area contributed by atoms with Crippen molar-refractivity contribution < 1.29 is 18.8 Å². The quantitative estimate of drug-likeness (QED) is 0.850. The number of carbonyl (C=O) groups excluding carboxylic acids is 1. The molecule has 3 atom stereocenters. The van der Waals surface area contributed by atoms with Crippen molar-refractivity contribution in [1.82, 2.24) is 5.32 Å². The van der Waals surface area contributed by atoms with Crippen molar-refractivity contribution in [2.75, 3.05) is 13.1 Å². The maximum absolute atomic E-state index is 12.8. The topological polar surface area (TPSA) is 42.8 Å². The summed E-state index contributed by atoms with van der Waals surface area (Å²) in [6.07, 6.45) is 0.354. The fraction of sp³-hybridized carbons (Fsp3) is 0.562. The Kier molecular flexibility index (Phi) is 5.31. The summed E-state index contributed by atoms with van der Waals surface area (Å²) in [6, 6.07) is 6.07. The highest BCUT2D eigenvalue weighted by Gasteiger charge is 2.32. The minimum Gasteiger partial charge on any atom is -0.364 e. The first kappa shape index (κ1) is 15.9. The van der Waals surface area contributed by atoms with E-state index in [1.54, 1.807) is 12.1 Å². The first-order chi connectivity index (χ1) is 9.95. The first-order valence-corrected chi connectivity index (χ1v) is 7.48. The molecule has 0 unspecified atom stereocenters. The molecule has 21 heavy (non-hydrogen) atoms. The molecule has 0 saturated carbocycles. The van der Waals surface area contributed by atoms with Gasteiger partial charge >= 0.3 is 0 Å². The Morgan fingerprint density at radius 1 is 1.33 bits per heavy atom. The number of rotatable bonds is 4. The number of nitrogens with one attached hydrogen (secondary N) is 2. The normalized spacial score (nSPS) is 27.1. The summed E-state index contributed by atoms with van der Waals surface area (Å²) in [6.45, 7) is 8.14. The lowest BCUT2D eigenvalue weighted by atomic mass is 10.1. The van der Waals surface area contributed by atoms with Crippen LogP contribution in [0.2, 0.25) is 0 Å². The van der Waals surface area contributed by atoms with Gasteiger partial charge in [0.25, 0.3) is 5.91 Å². The molecule has 1 aliphatic rings. The highest BCUT2D eigenvalue weighted by molar-refractivity contribution is 5.79. The van der Waals surface area contributed by atoms with Crippen LogP contribution in [0, 0.1) is 5.82 Å². The molecule has 1 saturated heterocycles. The Bertz CT molecular complexity index is 468. The molecule has 1 amide bonds. The van der Waals surface area contributed by atoms with Gasteiger partial charge in [-0.3, -0.25) is 4.79 Å². The van der Waals surface area contributed by atoms with Crippen molar-refractivity contribution in [1.29, 1.82) is 0 Å². The van der Waals surface area contributed by atoms with Crippen molar-refractivity contribution in [2.24, 2.45) is 0 Å². The van der Waals surface area contributed by atoms with Crippen LogP contribution in [0.5, 0.6) is 0 Å². The Hall–Kier alpha value is -1.46. The largest absolute Gasteiger partial charge is 0.364 e. The minimum absolute atomic E-state index is 0.0237. The summed E-state index contributed by atoms with van der Waals surface area (Å²) in [5, 5.41) is 2.92. The maximum atomic E-state index is 12.8. The fourth-order valence-electron chi connectivity index (χ4n) is 2.80. The lowest BCUT2D eigenvalue weighted by Crippen LogP contribution is -3.19. The third-order valence-electron chi connectivity index (χ3n) is 3.95. The van der Waals surface area contributed by atoms with E-state index in [1.807, 2.05) is 20.8 Å². The molecule has 5 heteroatoms. The Morgan fingerprint density at radius 3 is 2.48 bits per heavy atom. The smallest absolute Gasteiger partial charge is 0.278 e. The number of hydrogen-bond acceptors (Lipinski definition) is 2. The molecule has 0 radical (unpaired) electrons. The Balaban J connectivity index is 1.86. The molecular formula is C16H24FN2O2+. The van der Waals surface area contributed by atoms with E-state index in [1.165, 1.54) is 17.0 Å². The van der Waals surface area contributed by atoms with Crippen LogP contribution in [-0.2, 0) is 16.1 Å². The van der Waals surface area contributed by atoms with Gasteiger partial charge in [0.05, 0.1) is 0 Å². The van der Waals surface area contributed by atoms with Gasteiger partial charge in [-0.05, 0) is 38.5 Å². The van der Waals surface area contributed by atoms with Crippen molar-refractivity contribution >= 4 is 5.91 Å². The molecule has 1 aromatic carbocycles. The van der Waals surface area contributed by atoms with E-state index < -0.39 is 0 Å². The standard InChI is InChI=1S/C16H23FN2O2/c1-11-9-19(10-12(2)21-11)13(3)16(20)18-8-14-4-6-15(17)7-5-14/h4-7,11-13H,8-10H2,1-3H3,(H,18,20)/p+1/t11-,12-,13-/m0/s1. The van der Waals surface area contributed by atoms with Crippen molar-refractivity contribution in [2.45, 2.75) is 45.6 Å². The van der Waals surface area contributed by atoms with E-state index in [2.05, 4.69) is 5.32 Å². The summed E-state index contributed by atoms with van der Waals surface area (Å²) >= 11 is 0. The zero-order valence-corrected chi connectivity index (χ0v) is 12.9. The van der Waals surface area contributed by atoms with Crippen molar-refractivity contribution in [3.05, 3.63) is 35.6 Å². The van der Waals surface area contributed by atoms with Gasteiger partial charge in [-0.2, -0.15) is 0 Å². The summed E-state index contributed by atoms with van der Waals surface area (Å²) in [5.41, 5.74) is 0.899. The number of amides is 1. The van der Waals surface area contributed by atoms with Gasteiger partial charge in [-0.25, -0.2) is 4.39 Å². The number of benzene rings is 1. The predicted molar refractivity (Wildman–Crippen MR) is 78.4 cm³/mol. The molecule has 2 rings (SSSR count). The van der Waals surface area contributed by atoms with Crippen molar-refractivity contribution in [3.8, 4) is 0 Å². The molecule has 1 heterocycles. The van der Waals surface area contributed by atoms with E-state index in [0.717, 1.165) is 18.7 Å². The van der Waals surface area contributed by atoms with E-state index in [9.17, 15) is 9.18 Å². The molecular weight excluding hydrogens is 271 g/mol. The zero-order chi connectivity index (χ0) is 15.4. The van der Waals surface area contributed by atoms with Crippen LogP contribution in [0.4, 0.5) is 4.39 Å². The highest BCUT2D eigenvalue weighted by atomic mass is 19.1. The first-order valence-electron chi connectivity index (χ1n) is 7.48. The molecule has 116 valence electrons. The lowest BCUT2D eigenvalue weighted by molar-refractivity contribution is -0.928. The van der Waals surface area contributed by atoms with Gasteiger partial charge < -0.3 is 15.0 Å². The average Bonchev–Trinajstić information content (AvgIpc) is 2.44. The van der Waals surface area contributed by atoms with Crippen LogP contribution in [0.1, 0.15) is 26.3 Å². The molecule has 1 aliphatic heterocycles. The lowest BCUT2D eigenvalue weighted by Gasteiger charge is -2.35. The van der Waals surface area contributed by atoms with Gasteiger partial charge in [0.15, 0.2) is 6.04 Å². The fourth-order valence-corrected chi connectivity index (χ4v) is 2.80. The second-order valence-electron chi connectivity index (χ2n) is 5.89. The molecule has 0 aromatic heterocycles. The average molecular weight is 295 g/mol. The molecule has 1 aromatic rings. The van der Waals surface area contributed by atoms with Gasteiger partial charge in [0.1, 0.15) is 31.1 Å². The van der Waals surface area contributed by atoms with Crippen LogP contribution in [0.25, 0.3) is 0 Å².